The third-order valence-electron chi connectivity index (χ3n) is 8.67. The van der Waals surface area contributed by atoms with Gasteiger partial charge in [-0.25, -0.2) is 9.78 Å². The lowest BCUT2D eigenvalue weighted by Crippen LogP contribution is -2.65. The van der Waals surface area contributed by atoms with Gasteiger partial charge in [-0.2, -0.15) is 5.01 Å². The molecule has 46 heavy (non-hydrogen) atoms. The molecule has 0 bridgehead atoms. The Balaban J connectivity index is 1.16. The number of anilines is 1. The Morgan fingerprint density at radius 2 is 1.93 bits per heavy atom. The highest BCUT2D eigenvalue weighted by molar-refractivity contribution is 7.22. The van der Waals surface area contributed by atoms with Gasteiger partial charge in [-0.05, 0) is 53.1 Å². The smallest absolute Gasteiger partial charge is 0.332 e. The molecule has 2 aliphatic rings. The monoisotopic (exact) mass is 639 g/mol. The molecule has 4 heterocycles. The molecular weight excluding hydrogens is 606 g/mol. The van der Waals surface area contributed by atoms with E-state index in [2.05, 4.69) is 10.3 Å². The van der Waals surface area contributed by atoms with Crippen molar-refractivity contribution in [1.82, 2.24) is 30.1 Å². The van der Waals surface area contributed by atoms with Gasteiger partial charge in [0.05, 0.1) is 36.7 Å². The third-order valence-corrected chi connectivity index (χ3v) is 9.52. The molecule has 236 valence electrons. The molecule has 12 nitrogen and oxygen atoms in total. The number of piperazine rings is 1. The number of nitrogens with two attached hydrogens (primary N) is 1. The topological polar surface area (TPSA) is 137 Å². The summed E-state index contributed by atoms with van der Waals surface area (Å²) in [5.41, 5.74) is 10.2. The van der Waals surface area contributed by atoms with Crippen LogP contribution in [0.25, 0.3) is 21.2 Å². The quantitative estimate of drug-likeness (QED) is 0.262. The Morgan fingerprint density at radius 3 is 2.74 bits per heavy atom. The average molecular weight is 640 g/mol. The largest absolute Gasteiger partial charge is 0.497 e. The summed E-state index contributed by atoms with van der Waals surface area (Å²) in [6, 6.07) is 19.8. The molecule has 13 heteroatoms. The maximum absolute atomic E-state index is 14.2. The maximum atomic E-state index is 14.2. The first-order valence-corrected chi connectivity index (χ1v) is 15.7. The van der Waals surface area contributed by atoms with E-state index in [1.807, 2.05) is 66.7 Å². The molecule has 2 aromatic heterocycles. The van der Waals surface area contributed by atoms with Crippen molar-refractivity contribution in [3.8, 4) is 5.75 Å². The molecule has 2 fully saturated rings. The normalized spacial score (nSPS) is 18.4. The summed E-state index contributed by atoms with van der Waals surface area (Å²) in [5.74, 6) is 0.357. The number of methoxy groups -OCH3 is 1. The van der Waals surface area contributed by atoms with Gasteiger partial charge in [-0.15, -0.1) is 0 Å². The number of aromatic nitrogens is 1. The summed E-state index contributed by atoms with van der Waals surface area (Å²) in [4.78, 5) is 49.2. The standard InChI is InChI=1S/C33H33N7O5S/c1-37(33(43)35-16-20-6-9-24(44-2)10-7-20)39-19-29(41)40-25(15-21-8-11-26-22(14-21)12-13-45-26)31(42)38(18-28(39)40)17-23-4-3-5-27-30(23)36-32(34)46-27/h3-14,25,28H,15-19H2,1-2H3,(H2,34,36)(H,35,43)/t25-,28+/m0/s1. The van der Waals surface area contributed by atoms with Crippen LogP contribution >= 0.6 is 11.3 Å². The highest BCUT2D eigenvalue weighted by Crippen LogP contribution is 2.32. The summed E-state index contributed by atoms with van der Waals surface area (Å²) in [6.45, 7) is 0.770. The van der Waals surface area contributed by atoms with E-state index in [0.717, 1.165) is 43.6 Å². The van der Waals surface area contributed by atoms with Gasteiger partial charge in [-0.3, -0.25) is 14.6 Å². The lowest BCUT2D eigenvalue weighted by atomic mass is 9.99. The van der Waals surface area contributed by atoms with Gasteiger partial charge >= 0.3 is 6.03 Å². The molecule has 0 spiro atoms. The van der Waals surface area contributed by atoms with Crippen LogP contribution in [0.1, 0.15) is 16.7 Å². The number of nitrogens with one attached hydrogen (secondary N) is 1. The number of thiazole rings is 1. The van der Waals surface area contributed by atoms with Gasteiger partial charge < -0.3 is 30.0 Å². The molecule has 0 unspecified atom stereocenters. The van der Waals surface area contributed by atoms with Crippen LogP contribution in [0.3, 0.4) is 0 Å². The number of furan rings is 1. The van der Waals surface area contributed by atoms with E-state index in [0.29, 0.717) is 18.1 Å². The van der Waals surface area contributed by atoms with E-state index < -0.39 is 12.2 Å². The van der Waals surface area contributed by atoms with Gasteiger partial charge in [0.15, 0.2) is 5.13 Å². The predicted octanol–water partition coefficient (Wildman–Crippen LogP) is 3.81. The lowest BCUT2D eigenvalue weighted by molar-refractivity contribution is -0.157. The number of nitrogen functional groups attached to an aromatic ring is 1. The van der Waals surface area contributed by atoms with Crippen molar-refractivity contribution in [1.29, 1.82) is 0 Å². The van der Waals surface area contributed by atoms with Crippen LogP contribution in [0.15, 0.2) is 77.4 Å². The van der Waals surface area contributed by atoms with E-state index in [1.54, 1.807) is 35.2 Å². The average Bonchev–Trinajstić information content (AvgIpc) is 3.78. The fourth-order valence-electron chi connectivity index (χ4n) is 6.32. The van der Waals surface area contributed by atoms with E-state index in [1.165, 1.54) is 16.3 Å². The molecule has 0 aliphatic carbocycles. The number of carbonyl (C=O) groups excluding carboxylic acids is 3. The number of urea groups is 1. The Hall–Kier alpha value is -5.14. The van der Waals surface area contributed by atoms with Crippen LogP contribution < -0.4 is 15.8 Å². The van der Waals surface area contributed by atoms with Crippen molar-refractivity contribution < 1.29 is 23.5 Å². The fraction of sp³-hybridized carbons (Fsp3) is 0.273. The minimum Gasteiger partial charge on any atom is -0.497 e. The van der Waals surface area contributed by atoms with Crippen molar-refractivity contribution in [2.24, 2.45) is 0 Å². The van der Waals surface area contributed by atoms with Gasteiger partial charge in [0.2, 0.25) is 11.8 Å². The van der Waals surface area contributed by atoms with Gasteiger partial charge in [0.1, 0.15) is 23.5 Å². The van der Waals surface area contributed by atoms with Gasteiger partial charge in [0.25, 0.3) is 0 Å². The third kappa shape index (κ3) is 5.48. The first-order chi connectivity index (χ1) is 22.3. The number of ether oxygens (including phenoxy) is 1. The Kier molecular flexibility index (Phi) is 7.70. The number of amides is 4. The number of hydrogen-bond acceptors (Lipinski definition) is 9. The fourth-order valence-corrected chi connectivity index (χ4v) is 7.11. The van der Waals surface area contributed by atoms with Gasteiger partial charge in [-0.1, -0.05) is 41.7 Å². The van der Waals surface area contributed by atoms with Crippen LogP contribution in [-0.2, 0) is 29.1 Å². The van der Waals surface area contributed by atoms with Crippen molar-refractivity contribution >= 4 is 55.5 Å². The van der Waals surface area contributed by atoms with E-state index >= 15 is 0 Å². The van der Waals surface area contributed by atoms with Crippen LogP contribution in [0.4, 0.5) is 9.93 Å². The zero-order valence-corrected chi connectivity index (χ0v) is 26.2. The second kappa shape index (κ2) is 12.0. The minimum atomic E-state index is -0.768. The molecule has 4 amide bonds. The molecule has 7 rings (SSSR count). The molecule has 2 aliphatic heterocycles. The highest BCUT2D eigenvalue weighted by Gasteiger charge is 2.51. The van der Waals surface area contributed by atoms with Crippen LogP contribution in [0, 0.1) is 0 Å². The molecular formula is C33H33N7O5S. The molecule has 2 saturated heterocycles. The zero-order valence-electron chi connectivity index (χ0n) is 25.4. The number of carbonyl (C=O) groups is 3. The summed E-state index contributed by atoms with van der Waals surface area (Å²) < 4.78 is 11.7. The maximum Gasteiger partial charge on any atom is 0.332 e. The van der Waals surface area contributed by atoms with Crippen molar-refractivity contribution in [2.45, 2.75) is 31.7 Å². The summed E-state index contributed by atoms with van der Waals surface area (Å²) in [7, 11) is 3.24. The number of hydrazine groups is 1. The first-order valence-electron chi connectivity index (χ1n) is 14.9. The summed E-state index contributed by atoms with van der Waals surface area (Å²) in [5, 5.41) is 7.49. The molecule has 3 aromatic carbocycles. The molecule has 3 N–H and O–H groups in total. The molecule has 5 aromatic rings. The molecule has 2 atom stereocenters. The number of benzene rings is 3. The van der Waals surface area contributed by atoms with E-state index in [4.69, 9.17) is 14.9 Å². The van der Waals surface area contributed by atoms with Crippen molar-refractivity contribution in [2.75, 3.05) is 33.0 Å². The van der Waals surface area contributed by atoms with Crippen LogP contribution in [0.5, 0.6) is 5.75 Å². The summed E-state index contributed by atoms with van der Waals surface area (Å²) in [6.07, 6.45) is 1.39. The number of rotatable bonds is 8. The number of fused-ring (bicyclic) bond motifs is 3. The summed E-state index contributed by atoms with van der Waals surface area (Å²) >= 11 is 1.40. The highest BCUT2D eigenvalue weighted by atomic mass is 32.1. The second-order valence-corrected chi connectivity index (χ2v) is 12.5. The van der Waals surface area contributed by atoms with E-state index in [-0.39, 0.29) is 37.5 Å². The van der Waals surface area contributed by atoms with Crippen LogP contribution in [-0.4, -0.2) is 82.1 Å². The zero-order chi connectivity index (χ0) is 31.9. The minimum absolute atomic E-state index is 0.0340. The molecule has 0 saturated carbocycles. The first kappa shape index (κ1) is 29.6. The SMILES string of the molecule is COc1ccc(CNC(=O)N(C)N2CC(=O)N3[C@@H](Cc4ccc5occc5c4)C(=O)N(Cc4cccc5sc(N)nc45)C[C@@H]32)cc1. The Morgan fingerprint density at radius 1 is 1.13 bits per heavy atom. The van der Waals surface area contributed by atoms with Gasteiger partial charge in [0, 0.05) is 31.9 Å². The Labute approximate surface area is 268 Å². The molecule has 0 radical (unpaired) electrons. The lowest BCUT2D eigenvalue weighted by Gasteiger charge is -2.45. The van der Waals surface area contributed by atoms with Crippen molar-refractivity contribution in [3.63, 3.8) is 0 Å². The Bertz CT molecular complexity index is 1940. The second-order valence-electron chi connectivity index (χ2n) is 11.5. The number of nitrogens with zero attached hydrogens (tertiary/aromatic N) is 5. The number of para-hydroxylation sites is 1. The van der Waals surface area contributed by atoms with Crippen LogP contribution in [0.2, 0.25) is 0 Å². The number of hydrogen-bond donors (Lipinski definition) is 2. The van der Waals surface area contributed by atoms with E-state index in [9.17, 15) is 14.4 Å². The predicted molar refractivity (Wildman–Crippen MR) is 173 cm³/mol. The van der Waals surface area contributed by atoms with Crippen molar-refractivity contribution in [3.05, 3.63) is 89.7 Å².